The highest BCUT2D eigenvalue weighted by Crippen LogP contribution is 2.23. The second-order valence-corrected chi connectivity index (χ2v) is 6.44. The minimum absolute atomic E-state index is 0.0460. The van der Waals surface area contributed by atoms with E-state index < -0.39 is 0 Å². The zero-order valence-electron chi connectivity index (χ0n) is 12.7. The van der Waals surface area contributed by atoms with Crippen LogP contribution in [0, 0.1) is 11.3 Å². The van der Waals surface area contributed by atoms with Gasteiger partial charge in [-0.1, -0.05) is 0 Å². The van der Waals surface area contributed by atoms with Gasteiger partial charge in [-0.25, -0.2) is 4.98 Å². The number of nitrogens with zero attached hydrogens (tertiary/aromatic N) is 5. The van der Waals surface area contributed by atoms with Gasteiger partial charge in [-0.05, 0) is 30.8 Å². The molecule has 0 spiro atoms. The van der Waals surface area contributed by atoms with E-state index in [1.54, 1.807) is 18.7 Å². The topological polar surface area (TPSA) is 86.8 Å². The second-order valence-electron chi connectivity index (χ2n) is 5.52. The predicted octanol–water partition coefficient (Wildman–Crippen LogP) is 1.70. The fourth-order valence-electron chi connectivity index (χ4n) is 2.87. The highest BCUT2D eigenvalue weighted by molar-refractivity contribution is 7.14. The van der Waals surface area contributed by atoms with Crippen LogP contribution < -0.4 is 5.32 Å². The molecule has 0 unspecified atom stereocenters. The normalized spacial score (nSPS) is 18.0. The van der Waals surface area contributed by atoms with Crippen molar-refractivity contribution in [2.24, 2.45) is 0 Å². The molecule has 1 aliphatic rings. The van der Waals surface area contributed by atoms with Crippen LogP contribution in [0.25, 0.3) is 0 Å². The molecular formula is C15H18N6OS. The summed E-state index contributed by atoms with van der Waals surface area (Å²) in [6, 6.07) is 4.20. The maximum absolute atomic E-state index is 12.1. The Morgan fingerprint density at radius 2 is 2.48 bits per heavy atom. The third-order valence-corrected chi connectivity index (χ3v) is 4.86. The van der Waals surface area contributed by atoms with Gasteiger partial charge in [-0.3, -0.25) is 14.4 Å². The van der Waals surface area contributed by atoms with E-state index in [0.717, 1.165) is 32.5 Å². The number of anilines is 1. The van der Waals surface area contributed by atoms with Gasteiger partial charge in [0.2, 0.25) is 5.91 Å². The maximum Gasteiger partial charge on any atom is 0.226 e. The van der Waals surface area contributed by atoms with Gasteiger partial charge >= 0.3 is 0 Å². The zero-order chi connectivity index (χ0) is 16.1. The van der Waals surface area contributed by atoms with E-state index in [1.165, 1.54) is 11.3 Å². The molecule has 23 heavy (non-hydrogen) atoms. The molecule has 3 heterocycles. The summed E-state index contributed by atoms with van der Waals surface area (Å²) in [6.07, 6.45) is 5.95. The molecule has 0 saturated carbocycles. The smallest absolute Gasteiger partial charge is 0.226 e. The lowest BCUT2D eigenvalue weighted by molar-refractivity contribution is -0.116. The number of carbonyl (C=O) groups excluding carboxylic acids is 1. The number of likely N-dealkylation sites (tertiary alicyclic amines) is 1. The molecule has 7 nitrogen and oxygen atoms in total. The maximum atomic E-state index is 12.1. The van der Waals surface area contributed by atoms with E-state index >= 15 is 0 Å². The predicted molar refractivity (Wildman–Crippen MR) is 86.9 cm³/mol. The molecule has 0 radical (unpaired) electrons. The van der Waals surface area contributed by atoms with E-state index in [1.807, 2.05) is 10.1 Å². The summed E-state index contributed by atoms with van der Waals surface area (Å²) in [5.41, 5.74) is 0.522. The van der Waals surface area contributed by atoms with Gasteiger partial charge in [-0.2, -0.15) is 10.4 Å². The minimum atomic E-state index is -0.0460. The van der Waals surface area contributed by atoms with E-state index in [2.05, 4.69) is 26.4 Å². The van der Waals surface area contributed by atoms with Crippen molar-refractivity contribution in [1.29, 1.82) is 5.26 Å². The molecule has 1 atom stereocenters. The summed E-state index contributed by atoms with van der Waals surface area (Å²) < 4.78 is 1.84. The molecule has 1 saturated heterocycles. The van der Waals surface area contributed by atoms with Gasteiger partial charge in [-0.15, -0.1) is 11.3 Å². The molecule has 1 fully saturated rings. The van der Waals surface area contributed by atoms with Crippen molar-refractivity contribution >= 4 is 22.2 Å². The monoisotopic (exact) mass is 330 g/mol. The van der Waals surface area contributed by atoms with Crippen molar-refractivity contribution < 1.29 is 4.79 Å². The molecule has 2 aromatic heterocycles. The average Bonchev–Trinajstić information content (AvgIpc) is 3.28. The van der Waals surface area contributed by atoms with Crippen molar-refractivity contribution in [2.45, 2.75) is 31.8 Å². The van der Waals surface area contributed by atoms with E-state index in [4.69, 9.17) is 5.26 Å². The molecule has 0 aliphatic carbocycles. The molecule has 0 bridgehead atoms. The Balaban J connectivity index is 1.49. The molecule has 3 rings (SSSR count). The number of rotatable bonds is 6. The van der Waals surface area contributed by atoms with Gasteiger partial charge in [0, 0.05) is 19.0 Å². The lowest BCUT2D eigenvalue weighted by Crippen LogP contribution is -2.35. The Labute approximate surface area is 138 Å². The molecule has 0 aromatic carbocycles. The molecule has 1 aliphatic heterocycles. The number of carbonyl (C=O) groups is 1. The minimum Gasteiger partial charge on any atom is -0.317 e. The molecule has 120 valence electrons. The van der Waals surface area contributed by atoms with Crippen LogP contribution in [0.15, 0.2) is 24.1 Å². The average molecular weight is 330 g/mol. The van der Waals surface area contributed by atoms with Crippen molar-refractivity contribution in [3.63, 3.8) is 0 Å². The SMILES string of the molecule is N#Cc1ccsc1NC(=O)CCN1CCC[C@@H]1Cn1cncn1. The van der Waals surface area contributed by atoms with Crippen molar-refractivity contribution in [2.75, 3.05) is 18.4 Å². The molecule has 8 heteroatoms. The first-order chi connectivity index (χ1) is 11.3. The first-order valence-corrected chi connectivity index (χ1v) is 8.48. The summed E-state index contributed by atoms with van der Waals surface area (Å²) in [5.74, 6) is -0.0460. The summed E-state index contributed by atoms with van der Waals surface area (Å²) >= 11 is 1.38. The number of thiophene rings is 1. The lowest BCUT2D eigenvalue weighted by Gasteiger charge is -2.23. The Kier molecular flexibility index (Phi) is 5.00. The lowest BCUT2D eigenvalue weighted by atomic mass is 10.2. The fraction of sp³-hybridized carbons (Fsp3) is 0.467. The van der Waals surface area contributed by atoms with Gasteiger partial charge < -0.3 is 5.32 Å². The van der Waals surface area contributed by atoms with E-state index in [0.29, 0.717) is 23.0 Å². The number of nitrogens with one attached hydrogen (secondary N) is 1. The van der Waals surface area contributed by atoms with Crippen LogP contribution in [0.4, 0.5) is 5.00 Å². The number of aromatic nitrogens is 3. The van der Waals surface area contributed by atoms with Crippen molar-refractivity contribution in [3.05, 3.63) is 29.7 Å². The largest absolute Gasteiger partial charge is 0.317 e. The summed E-state index contributed by atoms with van der Waals surface area (Å²) in [7, 11) is 0. The number of amides is 1. The van der Waals surface area contributed by atoms with Gasteiger partial charge in [0.05, 0.1) is 12.1 Å². The van der Waals surface area contributed by atoms with Crippen molar-refractivity contribution in [3.8, 4) is 6.07 Å². The second kappa shape index (κ2) is 7.35. The summed E-state index contributed by atoms with van der Waals surface area (Å²) in [6.45, 7) is 2.54. The Hall–Kier alpha value is -2.24. The summed E-state index contributed by atoms with van der Waals surface area (Å²) in [5, 5.41) is 18.4. The third kappa shape index (κ3) is 3.94. The van der Waals surface area contributed by atoms with Gasteiger partial charge in [0.25, 0.3) is 0 Å². The van der Waals surface area contributed by atoms with E-state index in [-0.39, 0.29) is 5.91 Å². The van der Waals surface area contributed by atoms with Crippen LogP contribution in [0.5, 0.6) is 0 Å². The van der Waals surface area contributed by atoms with Crippen molar-refractivity contribution in [1.82, 2.24) is 19.7 Å². The quantitative estimate of drug-likeness (QED) is 0.871. The van der Waals surface area contributed by atoms with Crippen LogP contribution in [-0.2, 0) is 11.3 Å². The molecular weight excluding hydrogens is 312 g/mol. The molecule has 1 amide bonds. The Bertz CT molecular complexity index is 689. The number of hydrogen-bond donors (Lipinski definition) is 1. The van der Waals surface area contributed by atoms with Crippen LogP contribution in [-0.4, -0.2) is 44.7 Å². The Morgan fingerprint density at radius 1 is 1.57 bits per heavy atom. The summed E-state index contributed by atoms with van der Waals surface area (Å²) in [4.78, 5) is 18.4. The third-order valence-electron chi connectivity index (χ3n) is 4.03. The molecule has 1 N–H and O–H groups in total. The van der Waals surface area contributed by atoms with Gasteiger partial charge in [0.1, 0.15) is 23.7 Å². The van der Waals surface area contributed by atoms with Crippen LogP contribution in [0.2, 0.25) is 0 Å². The Morgan fingerprint density at radius 3 is 3.26 bits per heavy atom. The van der Waals surface area contributed by atoms with Crippen LogP contribution in [0.3, 0.4) is 0 Å². The van der Waals surface area contributed by atoms with Crippen LogP contribution in [0.1, 0.15) is 24.8 Å². The highest BCUT2D eigenvalue weighted by atomic mass is 32.1. The zero-order valence-corrected chi connectivity index (χ0v) is 13.5. The first kappa shape index (κ1) is 15.6. The van der Waals surface area contributed by atoms with Gasteiger partial charge in [0.15, 0.2) is 0 Å². The standard InChI is InChI=1S/C15H18N6OS/c16-8-12-4-7-23-15(12)19-14(22)3-6-20-5-1-2-13(20)9-21-11-17-10-18-21/h4,7,10-11,13H,1-3,5-6,9H2,(H,19,22)/t13-/m1/s1. The van der Waals surface area contributed by atoms with E-state index in [9.17, 15) is 4.79 Å². The fourth-order valence-corrected chi connectivity index (χ4v) is 3.62. The highest BCUT2D eigenvalue weighted by Gasteiger charge is 2.25. The molecule has 2 aromatic rings. The number of nitriles is 1. The first-order valence-electron chi connectivity index (χ1n) is 7.60. The number of hydrogen-bond acceptors (Lipinski definition) is 6. The van der Waals surface area contributed by atoms with Crippen LogP contribution >= 0.6 is 11.3 Å².